The molecule has 0 saturated heterocycles. The van der Waals surface area contributed by atoms with E-state index >= 15 is 0 Å². The first-order valence-electron chi connectivity index (χ1n) is 5.21. The van der Waals surface area contributed by atoms with Gasteiger partial charge >= 0.3 is 0 Å². The second-order valence-corrected chi connectivity index (χ2v) is 4.03. The summed E-state index contributed by atoms with van der Waals surface area (Å²) in [6.45, 7) is 6.45. The molecule has 0 amide bonds. The lowest BCUT2D eigenvalue weighted by molar-refractivity contribution is 0.507. The first kappa shape index (κ1) is 12.2. The summed E-state index contributed by atoms with van der Waals surface area (Å²) in [5, 5.41) is 3.97. The van der Waals surface area contributed by atoms with E-state index in [0.29, 0.717) is 11.6 Å². The third kappa shape index (κ3) is 4.45. The molecule has 0 aliphatic heterocycles. The van der Waals surface area contributed by atoms with Crippen LogP contribution in [0.5, 0.6) is 0 Å². The summed E-state index contributed by atoms with van der Waals surface area (Å²) in [7, 11) is 0. The zero-order valence-electron chi connectivity index (χ0n) is 9.04. The molecule has 1 rings (SSSR count). The van der Waals surface area contributed by atoms with Gasteiger partial charge in [0.1, 0.15) is 0 Å². The highest BCUT2D eigenvalue weighted by Crippen LogP contribution is 2.16. The van der Waals surface area contributed by atoms with E-state index in [-0.39, 0.29) is 6.04 Å². The number of rotatable bonds is 6. The third-order valence-corrected chi connectivity index (χ3v) is 2.30. The molecule has 0 aliphatic carbocycles. The van der Waals surface area contributed by atoms with Gasteiger partial charge in [0.15, 0.2) is 0 Å². The lowest BCUT2D eigenvalue weighted by Gasteiger charge is -2.16. The number of nitrogens with one attached hydrogen (secondary N) is 1. The molecule has 1 N–H and O–H groups in total. The van der Waals surface area contributed by atoms with Crippen molar-refractivity contribution in [1.82, 2.24) is 10.3 Å². The van der Waals surface area contributed by atoms with Crippen molar-refractivity contribution in [3.8, 4) is 0 Å². The summed E-state index contributed by atoms with van der Waals surface area (Å²) >= 11 is 5.73. The van der Waals surface area contributed by atoms with Crippen molar-refractivity contribution in [2.45, 2.75) is 25.8 Å². The maximum absolute atomic E-state index is 5.73. The molecule has 0 aliphatic rings. The molecule has 1 unspecified atom stereocenters. The molecule has 0 saturated carbocycles. The molecule has 0 radical (unpaired) electrons. The Morgan fingerprint density at radius 2 is 2.40 bits per heavy atom. The van der Waals surface area contributed by atoms with Crippen LogP contribution >= 0.6 is 11.6 Å². The number of hydrogen-bond acceptors (Lipinski definition) is 2. The topological polar surface area (TPSA) is 24.9 Å². The minimum absolute atomic E-state index is 0.270. The van der Waals surface area contributed by atoms with Gasteiger partial charge in [-0.3, -0.25) is 4.98 Å². The van der Waals surface area contributed by atoms with Crippen molar-refractivity contribution in [2.75, 3.05) is 6.54 Å². The van der Waals surface area contributed by atoms with Crippen LogP contribution in [-0.2, 0) is 0 Å². The molecule has 0 aromatic carbocycles. The van der Waals surface area contributed by atoms with E-state index in [1.807, 2.05) is 24.4 Å². The lowest BCUT2D eigenvalue weighted by Crippen LogP contribution is -2.23. The normalized spacial score (nSPS) is 12.4. The van der Waals surface area contributed by atoms with Crippen LogP contribution in [0.2, 0.25) is 0 Å². The Kier molecular flexibility index (Phi) is 5.37. The zero-order chi connectivity index (χ0) is 11.1. The number of pyridine rings is 1. The minimum atomic E-state index is 0.270. The Morgan fingerprint density at radius 1 is 1.60 bits per heavy atom. The molecular formula is C12H17ClN2. The molecule has 0 fully saturated rings. The van der Waals surface area contributed by atoms with Gasteiger partial charge in [-0.1, -0.05) is 37.6 Å². The molecule has 1 aromatic rings. The first-order chi connectivity index (χ1) is 7.24. The van der Waals surface area contributed by atoms with Crippen molar-refractivity contribution in [3.63, 3.8) is 0 Å². The van der Waals surface area contributed by atoms with E-state index in [1.54, 1.807) is 0 Å². The van der Waals surface area contributed by atoms with Crippen molar-refractivity contribution < 1.29 is 0 Å². The maximum Gasteiger partial charge on any atom is 0.0573 e. The van der Waals surface area contributed by atoms with Gasteiger partial charge in [0.2, 0.25) is 0 Å². The van der Waals surface area contributed by atoms with E-state index in [9.17, 15) is 0 Å². The van der Waals surface area contributed by atoms with E-state index in [0.717, 1.165) is 18.5 Å². The second kappa shape index (κ2) is 6.59. The average Bonchev–Trinajstić information content (AvgIpc) is 2.25. The fourth-order valence-corrected chi connectivity index (χ4v) is 1.54. The highest BCUT2D eigenvalue weighted by atomic mass is 35.5. The van der Waals surface area contributed by atoms with Crippen molar-refractivity contribution in [2.24, 2.45) is 0 Å². The summed E-state index contributed by atoms with van der Waals surface area (Å²) in [6, 6.07) is 6.23. The quantitative estimate of drug-likeness (QED) is 0.803. The monoisotopic (exact) mass is 224 g/mol. The van der Waals surface area contributed by atoms with Crippen LogP contribution in [0.1, 0.15) is 31.5 Å². The van der Waals surface area contributed by atoms with Crippen LogP contribution in [0, 0.1) is 0 Å². The van der Waals surface area contributed by atoms with Crippen LogP contribution < -0.4 is 5.32 Å². The van der Waals surface area contributed by atoms with E-state index < -0.39 is 0 Å². The highest BCUT2D eigenvalue weighted by Gasteiger charge is 2.10. The number of aromatic nitrogens is 1. The molecule has 1 aromatic heterocycles. The second-order valence-electron chi connectivity index (χ2n) is 3.49. The number of halogens is 1. The predicted molar refractivity (Wildman–Crippen MR) is 64.9 cm³/mol. The van der Waals surface area contributed by atoms with Gasteiger partial charge in [0.05, 0.1) is 5.69 Å². The van der Waals surface area contributed by atoms with Crippen LogP contribution in [0.3, 0.4) is 0 Å². The Bertz CT molecular complexity index is 298. The van der Waals surface area contributed by atoms with Gasteiger partial charge in [-0.15, -0.1) is 0 Å². The van der Waals surface area contributed by atoms with Crippen LogP contribution in [0.15, 0.2) is 36.0 Å². The first-order valence-corrected chi connectivity index (χ1v) is 5.59. The molecular weight excluding hydrogens is 208 g/mol. The van der Waals surface area contributed by atoms with Crippen LogP contribution in [-0.4, -0.2) is 11.5 Å². The van der Waals surface area contributed by atoms with Crippen LogP contribution in [0.4, 0.5) is 0 Å². The summed E-state index contributed by atoms with van der Waals surface area (Å²) < 4.78 is 0. The Balaban J connectivity index is 2.61. The molecule has 0 bridgehead atoms. The van der Waals surface area contributed by atoms with Gasteiger partial charge < -0.3 is 5.32 Å². The zero-order valence-corrected chi connectivity index (χ0v) is 9.80. The molecule has 3 heteroatoms. The standard InChI is InChI=1S/C12H17ClN2/c1-3-6-11(15-9-10(2)13)12-7-4-5-8-14-12/h4-5,7-8,11,15H,2-3,6,9H2,1H3. The lowest BCUT2D eigenvalue weighted by atomic mass is 10.1. The van der Waals surface area contributed by atoms with Crippen molar-refractivity contribution in [1.29, 1.82) is 0 Å². The van der Waals surface area contributed by atoms with Gasteiger partial charge in [-0.2, -0.15) is 0 Å². The van der Waals surface area contributed by atoms with Crippen molar-refractivity contribution >= 4 is 11.6 Å². The fraction of sp³-hybridized carbons (Fsp3) is 0.417. The number of hydrogen-bond donors (Lipinski definition) is 1. The molecule has 2 nitrogen and oxygen atoms in total. The summed E-state index contributed by atoms with van der Waals surface area (Å²) in [4.78, 5) is 4.34. The van der Waals surface area contributed by atoms with Crippen molar-refractivity contribution in [3.05, 3.63) is 41.7 Å². The van der Waals surface area contributed by atoms with E-state index in [4.69, 9.17) is 11.6 Å². The fourth-order valence-electron chi connectivity index (χ4n) is 1.46. The van der Waals surface area contributed by atoms with E-state index in [2.05, 4.69) is 23.8 Å². The largest absolute Gasteiger partial charge is 0.304 e. The SMILES string of the molecule is C=C(Cl)CNC(CCC)c1ccccn1. The van der Waals surface area contributed by atoms with Gasteiger partial charge in [0.25, 0.3) is 0 Å². The highest BCUT2D eigenvalue weighted by molar-refractivity contribution is 6.29. The maximum atomic E-state index is 5.73. The Labute approximate surface area is 96.4 Å². The van der Waals surface area contributed by atoms with E-state index in [1.165, 1.54) is 0 Å². The minimum Gasteiger partial charge on any atom is -0.304 e. The molecule has 82 valence electrons. The Hall–Kier alpha value is -0.860. The van der Waals surface area contributed by atoms with Gasteiger partial charge in [-0.05, 0) is 18.6 Å². The molecule has 1 atom stereocenters. The summed E-state index contributed by atoms with van der Waals surface area (Å²) in [5.74, 6) is 0. The third-order valence-electron chi connectivity index (χ3n) is 2.16. The number of nitrogens with zero attached hydrogens (tertiary/aromatic N) is 1. The average molecular weight is 225 g/mol. The van der Waals surface area contributed by atoms with Gasteiger partial charge in [0, 0.05) is 23.8 Å². The predicted octanol–water partition coefficient (Wildman–Crippen LogP) is 3.26. The molecule has 0 spiro atoms. The summed E-state index contributed by atoms with van der Waals surface area (Å²) in [6.07, 6.45) is 3.99. The smallest absolute Gasteiger partial charge is 0.0573 e. The molecule has 1 heterocycles. The molecule has 15 heavy (non-hydrogen) atoms. The van der Waals surface area contributed by atoms with Gasteiger partial charge in [-0.25, -0.2) is 0 Å². The Morgan fingerprint density at radius 3 is 2.93 bits per heavy atom. The summed E-state index contributed by atoms with van der Waals surface area (Å²) in [5.41, 5.74) is 1.07. The van der Waals surface area contributed by atoms with Crippen LogP contribution in [0.25, 0.3) is 0 Å².